The third kappa shape index (κ3) is 17.3. The zero-order valence-corrected chi connectivity index (χ0v) is 54.6. The summed E-state index contributed by atoms with van der Waals surface area (Å²) >= 11 is 0. The molecule has 9 fully saturated rings. The molecule has 6 aliphatic carbocycles. The van der Waals surface area contributed by atoms with E-state index in [1.807, 2.05) is 96.7 Å². The van der Waals surface area contributed by atoms with Gasteiger partial charge in [0.2, 0.25) is 0 Å². The van der Waals surface area contributed by atoms with Crippen molar-refractivity contribution in [1.29, 1.82) is 0 Å². The lowest BCUT2D eigenvalue weighted by atomic mass is 9.96. The molecule has 0 spiro atoms. The molecule has 3 aromatic carbocycles. The first-order valence-electron chi connectivity index (χ1n) is 32.3. The number of carboxylic acid groups (broad SMARTS) is 3. The largest absolute Gasteiger partial charge is 0.480 e. The smallest absolute Gasteiger partial charge is 0.410 e. The SMILES string of the molecule is CC(C)(C)OC(=O)N(CC1(C=O)CC1)[C@@H]1C[C@H]1c1ccccc1.CC(C)(C)OC(=O)N(CC1(CN2CCC[C@@]2(C)C(=O)O)CC1)[C@@H]1C[C@H]1c1ccccc1.C[C@@]1(C(=O)O)CCCN1.C[C@@]1(C(=O)O)CCCN1CC1(CN[C@@H]2C[C@H]2c2ccccc2)CC1.Cl. The number of hydrogen-bond donors (Lipinski definition) is 5. The fraction of sp³-hybridized carbons (Fsp3) is 0.657. The van der Waals surface area contributed by atoms with Gasteiger partial charge >= 0.3 is 30.1 Å². The Morgan fingerprint density at radius 1 is 0.568 bits per heavy atom. The second-order valence-corrected chi connectivity index (χ2v) is 30.0. The van der Waals surface area contributed by atoms with Gasteiger partial charge in [0.25, 0.3) is 0 Å². The van der Waals surface area contributed by atoms with Crippen molar-refractivity contribution in [3.8, 4) is 0 Å². The number of halogens is 1. The van der Waals surface area contributed by atoms with Crippen molar-refractivity contribution in [2.45, 2.75) is 222 Å². The lowest BCUT2D eigenvalue weighted by Gasteiger charge is -2.36. The molecule has 0 aromatic heterocycles. The molecule has 0 bridgehead atoms. The van der Waals surface area contributed by atoms with Gasteiger partial charge in [0.15, 0.2) is 0 Å². The molecule has 18 heteroatoms. The Labute approximate surface area is 528 Å². The number of nitrogens with one attached hydrogen (secondary N) is 2. The third-order valence-electron chi connectivity index (χ3n) is 20.2. The van der Waals surface area contributed by atoms with E-state index in [-0.39, 0.29) is 47.5 Å². The van der Waals surface area contributed by atoms with Gasteiger partial charge in [-0.2, -0.15) is 0 Å². The highest BCUT2D eigenvalue weighted by molar-refractivity contribution is 5.85. The predicted molar refractivity (Wildman–Crippen MR) is 342 cm³/mol. The average Bonchev–Trinajstić information content (AvgIpc) is 1.90. The van der Waals surface area contributed by atoms with Crippen molar-refractivity contribution in [1.82, 2.24) is 30.2 Å². The summed E-state index contributed by atoms with van der Waals surface area (Å²) in [4.78, 5) is 79.3. The molecule has 9 atom stereocenters. The van der Waals surface area contributed by atoms with Crippen LogP contribution in [-0.2, 0) is 28.7 Å². The number of carbonyl (C=O) groups is 6. The van der Waals surface area contributed by atoms with Gasteiger partial charge in [0, 0.05) is 79.4 Å². The summed E-state index contributed by atoms with van der Waals surface area (Å²) < 4.78 is 11.4. The van der Waals surface area contributed by atoms with Crippen molar-refractivity contribution in [3.05, 3.63) is 108 Å². The monoisotopic (exact) mass is 1240 g/mol. The summed E-state index contributed by atoms with van der Waals surface area (Å²) in [5.74, 6) is -0.768. The fourth-order valence-electron chi connectivity index (χ4n) is 13.5. The van der Waals surface area contributed by atoms with Crippen LogP contribution < -0.4 is 10.6 Å². The molecular weight excluding hydrogens is 1140 g/mol. The Hall–Kier alpha value is -5.59. The second-order valence-electron chi connectivity index (χ2n) is 30.0. The van der Waals surface area contributed by atoms with E-state index in [1.165, 1.54) is 36.0 Å². The van der Waals surface area contributed by atoms with Gasteiger partial charge in [0.05, 0.1) is 0 Å². The Morgan fingerprint density at radius 2 is 0.989 bits per heavy atom. The highest BCUT2D eigenvalue weighted by atomic mass is 35.5. The minimum absolute atomic E-state index is 0. The summed E-state index contributed by atoms with van der Waals surface area (Å²) in [6.07, 6.45) is 15.0. The van der Waals surface area contributed by atoms with Crippen molar-refractivity contribution in [2.24, 2.45) is 16.2 Å². The first-order valence-corrected chi connectivity index (χ1v) is 32.3. The number of benzene rings is 3. The molecule has 17 nitrogen and oxygen atoms in total. The Bertz CT molecular complexity index is 2890. The lowest BCUT2D eigenvalue weighted by Crippen LogP contribution is -2.52. The van der Waals surface area contributed by atoms with Crippen LogP contribution in [0.4, 0.5) is 9.59 Å². The number of hydrogen-bond acceptors (Lipinski definition) is 12. The van der Waals surface area contributed by atoms with E-state index >= 15 is 0 Å². The maximum Gasteiger partial charge on any atom is 0.410 e. The number of ether oxygens (including phenoxy) is 2. The minimum Gasteiger partial charge on any atom is -0.480 e. The van der Waals surface area contributed by atoms with Gasteiger partial charge in [-0.1, -0.05) is 91.0 Å². The normalized spacial score (nSPS) is 29.7. The minimum atomic E-state index is -0.793. The van der Waals surface area contributed by atoms with Gasteiger partial charge in [-0.15, -0.1) is 12.4 Å². The summed E-state index contributed by atoms with van der Waals surface area (Å²) in [6.45, 7) is 23.2. The molecule has 0 unspecified atom stereocenters. The summed E-state index contributed by atoms with van der Waals surface area (Å²) in [6, 6.07) is 32.3. The molecule has 12 rings (SSSR count). The van der Waals surface area contributed by atoms with Crippen molar-refractivity contribution < 1.29 is 53.6 Å². The Balaban J connectivity index is 0.000000160. The quantitative estimate of drug-likeness (QED) is 0.0665. The molecule has 2 amide bonds. The van der Waals surface area contributed by atoms with Gasteiger partial charge in [-0.05, 0) is 200 Å². The van der Waals surface area contributed by atoms with E-state index < -0.39 is 45.7 Å². The molecule has 5 N–H and O–H groups in total. The predicted octanol–water partition coefficient (Wildman–Crippen LogP) is 11.7. The fourth-order valence-corrected chi connectivity index (χ4v) is 13.5. The zero-order valence-electron chi connectivity index (χ0n) is 53.8. The van der Waals surface area contributed by atoms with E-state index in [0.717, 1.165) is 116 Å². The molecule has 484 valence electrons. The average molecular weight is 1240 g/mol. The third-order valence-corrected chi connectivity index (χ3v) is 20.2. The number of carboxylic acids is 3. The van der Waals surface area contributed by atoms with E-state index in [9.17, 15) is 39.0 Å². The summed E-state index contributed by atoms with van der Waals surface area (Å²) in [5, 5.41) is 34.7. The van der Waals surface area contributed by atoms with Gasteiger partial charge in [0.1, 0.15) is 34.1 Å². The molecule has 3 heterocycles. The summed E-state index contributed by atoms with van der Waals surface area (Å²) in [7, 11) is 0. The van der Waals surface area contributed by atoms with E-state index in [4.69, 9.17) is 14.6 Å². The summed E-state index contributed by atoms with van der Waals surface area (Å²) in [5.41, 5.74) is 0.765. The first-order chi connectivity index (χ1) is 41.0. The molecule has 6 saturated carbocycles. The van der Waals surface area contributed by atoms with Crippen LogP contribution >= 0.6 is 12.4 Å². The van der Waals surface area contributed by atoms with Crippen molar-refractivity contribution in [3.63, 3.8) is 0 Å². The Morgan fingerprint density at radius 3 is 1.34 bits per heavy atom. The van der Waals surface area contributed by atoms with Crippen LogP contribution in [0.3, 0.4) is 0 Å². The second kappa shape index (κ2) is 27.1. The Kier molecular flexibility index (Phi) is 21.0. The zero-order chi connectivity index (χ0) is 62.8. The highest BCUT2D eigenvalue weighted by Crippen LogP contribution is 2.54. The lowest BCUT2D eigenvalue weighted by molar-refractivity contribution is -0.150. The number of aliphatic carboxylic acids is 3. The van der Waals surface area contributed by atoms with Crippen LogP contribution in [0.25, 0.3) is 0 Å². The van der Waals surface area contributed by atoms with E-state index in [1.54, 1.807) is 11.8 Å². The molecule has 3 saturated heterocycles. The number of rotatable bonds is 20. The molecule has 3 aliphatic heterocycles. The molecule has 88 heavy (non-hydrogen) atoms. The van der Waals surface area contributed by atoms with Crippen LogP contribution in [0, 0.1) is 16.2 Å². The van der Waals surface area contributed by atoms with Gasteiger partial charge in [-0.3, -0.25) is 24.2 Å². The molecular formula is C70H101ClN6O11. The van der Waals surface area contributed by atoms with Gasteiger partial charge in [-0.25, -0.2) is 9.59 Å². The number of nitrogens with zero attached hydrogens (tertiary/aromatic N) is 4. The molecule has 9 aliphatic rings. The van der Waals surface area contributed by atoms with Crippen LogP contribution in [0.2, 0.25) is 0 Å². The van der Waals surface area contributed by atoms with Crippen LogP contribution in [0.15, 0.2) is 91.0 Å². The highest BCUT2D eigenvalue weighted by Gasteiger charge is 2.57. The maximum atomic E-state index is 13.2. The van der Waals surface area contributed by atoms with E-state index in [2.05, 4.69) is 75.0 Å². The number of carbonyl (C=O) groups excluding carboxylic acids is 3. The topological polar surface area (TPSA) is 219 Å². The van der Waals surface area contributed by atoms with Crippen molar-refractivity contribution >= 4 is 48.8 Å². The van der Waals surface area contributed by atoms with Crippen LogP contribution in [0.5, 0.6) is 0 Å². The molecule has 0 radical (unpaired) electrons. The van der Waals surface area contributed by atoms with E-state index in [0.29, 0.717) is 48.7 Å². The number of likely N-dealkylation sites (tertiary alicyclic amines) is 2. The number of aldehydes is 1. The van der Waals surface area contributed by atoms with Gasteiger partial charge < -0.3 is 50.0 Å². The first kappa shape index (κ1) is 68.3. The van der Waals surface area contributed by atoms with Crippen LogP contribution in [0.1, 0.15) is 193 Å². The standard InChI is InChI=1S/C25H36N2O4.C20H28N2O2.C19H25NO3.C6H11NO2.ClH/c1-23(2,3)31-22(30)27(20-15-19(20)18-9-6-5-7-10-18)17-25(12-13-25)16-26-14-8-11-24(26,4)21(28)29;1-19(18(23)24)8-5-11-22(19)14-20(9-10-20)13-21-17-12-16(17)15-6-3-2-4-7-15;1-18(2,3)23-17(22)20(12-19(13-21)9-10-19)16-11-15(16)14-7-5-4-6-8-14;1-6(5(8)9)3-2-4-7-6;/h5-7,9-10,19-20H,8,11-17H2,1-4H3,(H,28,29);2-4,6-7,16-17,21H,5,8-14H2,1H3,(H,23,24);4-8,13,15-16H,9-12H2,1-3H3;7H,2-4H2,1H3,(H,8,9);1H/t19-,20+,24-;16-,17+,19-;15-,16+;6-;/m0000./s1. The van der Waals surface area contributed by atoms with Crippen molar-refractivity contribution in [2.75, 3.05) is 52.4 Å². The molecule has 3 aromatic rings. The maximum absolute atomic E-state index is 13.2. The van der Waals surface area contributed by atoms with Crippen LogP contribution in [-0.4, -0.2) is 170 Å². The number of amides is 2.